The zero-order valence-corrected chi connectivity index (χ0v) is 15.6. The van der Waals surface area contributed by atoms with E-state index in [2.05, 4.69) is 26.3 Å². The van der Waals surface area contributed by atoms with Crippen LogP contribution in [0.1, 0.15) is 11.3 Å². The molecule has 3 aromatic heterocycles. The Hall–Kier alpha value is -3.71. The monoisotopic (exact) mass is 372 g/mol. The van der Waals surface area contributed by atoms with Crippen LogP contribution in [0, 0.1) is 6.92 Å². The van der Waals surface area contributed by atoms with E-state index in [9.17, 15) is 0 Å². The fourth-order valence-corrected chi connectivity index (χ4v) is 3.08. The number of hydrogen-bond donors (Lipinski definition) is 3. The van der Waals surface area contributed by atoms with Crippen molar-refractivity contribution in [3.63, 3.8) is 0 Å². The molecule has 0 fully saturated rings. The lowest BCUT2D eigenvalue weighted by Gasteiger charge is -2.15. The van der Waals surface area contributed by atoms with E-state index in [4.69, 9.17) is 11.6 Å². The molecule has 0 aliphatic rings. The average Bonchev–Trinajstić information content (AvgIpc) is 2.69. The second-order valence-electron chi connectivity index (χ2n) is 6.65. The number of fused-ring (bicyclic) bond motifs is 1. The molecule has 3 heterocycles. The largest absolute Gasteiger partial charge is 0.393 e. The maximum atomic E-state index is 6.33. The highest BCUT2D eigenvalue weighted by atomic mass is 15.4. The van der Waals surface area contributed by atoms with Gasteiger partial charge in [-0.25, -0.2) is 9.99 Å². The summed E-state index contributed by atoms with van der Waals surface area (Å²) in [7, 11) is 0. The van der Waals surface area contributed by atoms with Crippen molar-refractivity contribution in [2.45, 2.75) is 13.5 Å². The van der Waals surface area contributed by atoms with Gasteiger partial charge in [0.2, 0.25) is 5.82 Å². The first-order chi connectivity index (χ1) is 13.6. The second kappa shape index (κ2) is 7.50. The Labute approximate surface area is 163 Å². The summed E-state index contributed by atoms with van der Waals surface area (Å²) >= 11 is 0. The third kappa shape index (κ3) is 3.84. The molecule has 0 atom stereocenters. The molecule has 0 amide bonds. The molecule has 140 valence electrons. The fourth-order valence-electron chi connectivity index (χ4n) is 3.08. The highest BCUT2D eigenvalue weighted by Gasteiger charge is 2.16. The average molecular weight is 372 g/mol. The fraction of sp³-hybridized carbons (Fsp3) is 0.0952. The van der Waals surface area contributed by atoms with Gasteiger partial charge in [-0.2, -0.15) is 5.84 Å². The summed E-state index contributed by atoms with van der Waals surface area (Å²) < 4.78 is 0. The van der Waals surface area contributed by atoms with Crippen LogP contribution in [0.2, 0.25) is 0 Å². The summed E-state index contributed by atoms with van der Waals surface area (Å²) in [4.78, 5) is 11.8. The third-order valence-corrected chi connectivity index (χ3v) is 4.44. The molecule has 7 nitrogen and oxygen atoms in total. The quantitative estimate of drug-likeness (QED) is 0.367. The number of aromatic amines is 1. The summed E-state index contributed by atoms with van der Waals surface area (Å²) in [5, 5.41) is 6.00. The molecule has 0 saturated heterocycles. The molecule has 28 heavy (non-hydrogen) atoms. The van der Waals surface area contributed by atoms with Crippen LogP contribution in [-0.4, -0.2) is 9.97 Å². The molecule has 6 N–H and O–H groups in total. The van der Waals surface area contributed by atoms with Crippen LogP contribution in [-0.2, 0) is 6.54 Å². The van der Waals surface area contributed by atoms with Gasteiger partial charge in [-0.1, -0.05) is 12.1 Å². The molecule has 0 aliphatic carbocycles. The Morgan fingerprint density at radius 3 is 2.79 bits per heavy atom. The van der Waals surface area contributed by atoms with Gasteiger partial charge in [0.25, 0.3) is 5.82 Å². The molecular formula is C21H22N7+. The standard InChI is InChI=1S/C21H21N7/c1-14-11-17(8-10-24-14)26-20-7-5-18(22)21(27-20)28(23)13-15-4-6-19-16(12-15)3-2-9-25-19/h2-12H,13,22-23H2,1H3,(H,24,26,27)/p+1. The number of nitrogens with one attached hydrogen (secondary N) is 2. The Morgan fingerprint density at radius 2 is 1.93 bits per heavy atom. The van der Waals surface area contributed by atoms with Crippen molar-refractivity contribution in [3.05, 3.63) is 78.2 Å². The van der Waals surface area contributed by atoms with E-state index in [1.807, 2.05) is 55.5 Å². The maximum absolute atomic E-state index is 6.33. The molecular weight excluding hydrogens is 350 g/mol. The van der Waals surface area contributed by atoms with Crippen molar-refractivity contribution in [1.82, 2.24) is 9.97 Å². The summed E-state index contributed by atoms with van der Waals surface area (Å²) in [5.41, 5.74) is 10.6. The van der Waals surface area contributed by atoms with E-state index >= 15 is 0 Å². The van der Waals surface area contributed by atoms with Crippen molar-refractivity contribution in [2.75, 3.05) is 16.1 Å². The molecule has 0 bridgehead atoms. The zero-order valence-electron chi connectivity index (χ0n) is 15.6. The number of nitrogen functional groups attached to an aromatic ring is 1. The van der Waals surface area contributed by atoms with Crippen LogP contribution in [0.5, 0.6) is 0 Å². The smallest absolute Gasteiger partial charge is 0.262 e. The Kier molecular flexibility index (Phi) is 4.74. The summed E-state index contributed by atoms with van der Waals surface area (Å²) in [6, 6.07) is 17.6. The molecule has 7 heteroatoms. The molecule has 1 aromatic carbocycles. The minimum absolute atomic E-state index is 0.503. The van der Waals surface area contributed by atoms with Gasteiger partial charge in [-0.05, 0) is 48.9 Å². The van der Waals surface area contributed by atoms with E-state index in [0.717, 1.165) is 33.7 Å². The van der Waals surface area contributed by atoms with Crippen LogP contribution in [0.15, 0.2) is 67.0 Å². The second-order valence-corrected chi connectivity index (χ2v) is 6.65. The number of H-pyrrole nitrogens is 1. The third-order valence-electron chi connectivity index (χ3n) is 4.44. The SMILES string of the molecule is Cc1cc(Nc2ccc(N)c(N(N)Cc3ccc4ncccc4c3)[nH+]2)ccn1. The minimum atomic E-state index is 0.503. The maximum Gasteiger partial charge on any atom is 0.262 e. The van der Waals surface area contributed by atoms with Crippen LogP contribution >= 0.6 is 0 Å². The van der Waals surface area contributed by atoms with Gasteiger partial charge in [-0.15, -0.1) is 0 Å². The molecule has 0 radical (unpaired) electrons. The summed E-state index contributed by atoms with van der Waals surface area (Å²) in [6.45, 7) is 2.45. The normalized spacial score (nSPS) is 10.8. The molecule has 0 saturated carbocycles. The number of rotatable bonds is 5. The topological polar surface area (TPSA) is 107 Å². The van der Waals surface area contributed by atoms with Crippen molar-refractivity contribution in [2.24, 2.45) is 5.84 Å². The van der Waals surface area contributed by atoms with Gasteiger partial charge in [0.05, 0.1) is 11.2 Å². The number of nitrogens with zero attached hydrogens (tertiary/aromatic N) is 3. The Morgan fingerprint density at radius 1 is 1.04 bits per heavy atom. The van der Waals surface area contributed by atoms with Gasteiger partial charge >= 0.3 is 0 Å². The number of anilines is 4. The van der Waals surface area contributed by atoms with Gasteiger partial charge < -0.3 is 5.73 Å². The zero-order chi connectivity index (χ0) is 19.5. The first-order valence-corrected chi connectivity index (χ1v) is 8.96. The predicted molar refractivity (Wildman–Crippen MR) is 112 cm³/mol. The Balaban J connectivity index is 1.56. The van der Waals surface area contributed by atoms with Gasteiger partial charge in [0, 0.05) is 29.5 Å². The molecule has 0 spiro atoms. The number of aromatic nitrogens is 3. The van der Waals surface area contributed by atoms with Crippen LogP contribution < -0.4 is 26.9 Å². The van der Waals surface area contributed by atoms with Crippen LogP contribution in [0.4, 0.5) is 23.0 Å². The molecule has 0 unspecified atom stereocenters. The Bertz CT molecular complexity index is 1130. The van der Waals surface area contributed by atoms with Gasteiger partial charge in [0.1, 0.15) is 12.2 Å². The van der Waals surface area contributed by atoms with Crippen LogP contribution in [0.25, 0.3) is 10.9 Å². The highest BCUT2D eigenvalue weighted by molar-refractivity contribution is 5.79. The molecule has 4 aromatic rings. The van der Waals surface area contributed by atoms with Gasteiger partial charge in [-0.3, -0.25) is 15.3 Å². The van der Waals surface area contributed by atoms with E-state index in [-0.39, 0.29) is 0 Å². The lowest BCUT2D eigenvalue weighted by atomic mass is 10.1. The number of nitrogens with two attached hydrogens (primary N) is 2. The van der Waals surface area contributed by atoms with Crippen LogP contribution in [0.3, 0.4) is 0 Å². The number of benzene rings is 1. The van der Waals surface area contributed by atoms with Crippen molar-refractivity contribution in [1.29, 1.82) is 0 Å². The first kappa shape index (κ1) is 17.7. The van der Waals surface area contributed by atoms with Crippen molar-refractivity contribution >= 4 is 33.9 Å². The van der Waals surface area contributed by atoms with Crippen molar-refractivity contribution < 1.29 is 4.98 Å². The number of aryl methyl sites for hydroxylation is 1. The lowest BCUT2D eigenvalue weighted by molar-refractivity contribution is -0.346. The number of hydrazine groups is 1. The van der Waals surface area contributed by atoms with E-state index < -0.39 is 0 Å². The van der Waals surface area contributed by atoms with E-state index in [1.54, 1.807) is 17.4 Å². The summed E-state index contributed by atoms with van der Waals surface area (Å²) in [6.07, 6.45) is 3.55. The van der Waals surface area contributed by atoms with Gasteiger partial charge in [0.15, 0.2) is 0 Å². The van der Waals surface area contributed by atoms with E-state index in [0.29, 0.717) is 18.1 Å². The highest BCUT2D eigenvalue weighted by Crippen LogP contribution is 2.21. The van der Waals surface area contributed by atoms with E-state index in [1.165, 1.54) is 0 Å². The minimum Gasteiger partial charge on any atom is -0.393 e. The predicted octanol–water partition coefficient (Wildman–Crippen LogP) is 2.96. The number of pyridine rings is 3. The first-order valence-electron chi connectivity index (χ1n) is 8.96. The lowest BCUT2D eigenvalue weighted by Crippen LogP contribution is -2.36. The van der Waals surface area contributed by atoms with Crippen molar-refractivity contribution in [3.8, 4) is 0 Å². The number of hydrogen-bond acceptors (Lipinski definition) is 6. The summed E-state index contributed by atoms with van der Waals surface area (Å²) in [5.74, 6) is 7.75. The molecule has 4 rings (SSSR count). The molecule has 0 aliphatic heterocycles.